The number of benzene rings is 1. The Balaban J connectivity index is 0.00000126. The van der Waals surface area contributed by atoms with Gasteiger partial charge in [0, 0.05) is 18.0 Å². The maximum absolute atomic E-state index is 13.0. The van der Waals surface area contributed by atoms with E-state index in [0.29, 0.717) is 5.56 Å². The highest BCUT2D eigenvalue weighted by Crippen LogP contribution is 2.30. The normalized spacial score (nSPS) is 11.6. The lowest BCUT2D eigenvalue weighted by Crippen LogP contribution is -2.09. The molecule has 0 aliphatic rings. The number of nitrogens with zero attached hydrogens (tertiary/aromatic N) is 4. The number of nitrogens with two attached hydrogens (primary N) is 1. The van der Waals surface area contributed by atoms with Gasteiger partial charge in [-0.15, -0.1) is 5.10 Å². The van der Waals surface area contributed by atoms with Gasteiger partial charge in [-0.3, -0.25) is 0 Å². The van der Waals surface area contributed by atoms with Gasteiger partial charge in [-0.25, -0.2) is 18.4 Å². The lowest BCUT2D eigenvalue weighted by Gasteiger charge is -2.05. The van der Waals surface area contributed by atoms with Crippen molar-refractivity contribution in [2.24, 2.45) is 5.73 Å². The molecule has 2 N–H and O–H groups in total. The molecule has 2 heterocycles. The molecule has 0 fully saturated rings. The van der Waals surface area contributed by atoms with E-state index in [1.165, 1.54) is 19.2 Å². The molecule has 0 spiro atoms. The van der Waals surface area contributed by atoms with Crippen LogP contribution in [0.4, 0.5) is 13.2 Å². The zero-order valence-electron chi connectivity index (χ0n) is 14.3. The van der Waals surface area contributed by atoms with Crippen LogP contribution in [-0.2, 0) is 16.0 Å². The fourth-order valence-corrected chi connectivity index (χ4v) is 2.64. The van der Waals surface area contributed by atoms with Crippen molar-refractivity contribution in [1.29, 1.82) is 0 Å². The maximum Gasteiger partial charge on any atom is 0.453 e. The molecule has 7 nitrogen and oxygen atoms in total. The van der Waals surface area contributed by atoms with Crippen LogP contribution in [0.25, 0.3) is 17.2 Å². The van der Waals surface area contributed by atoms with Crippen LogP contribution in [0.2, 0.25) is 0 Å². The van der Waals surface area contributed by atoms with Gasteiger partial charge in [0.1, 0.15) is 0 Å². The summed E-state index contributed by atoms with van der Waals surface area (Å²) in [5.41, 5.74) is 4.92. The third-order valence-electron chi connectivity index (χ3n) is 3.26. The summed E-state index contributed by atoms with van der Waals surface area (Å²) in [7, 11) is -1.97. The first-order valence-electron chi connectivity index (χ1n) is 7.50. The number of sulfone groups is 1. The molecule has 2 aromatic heterocycles. The van der Waals surface area contributed by atoms with Crippen molar-refractivity contribution in [3.8, 4) is 17.2 Å². The second-order valence-electron chi connectivity index (χ2n) is 5.16. The summed E-state index contributed by atoms with van der Waals surface area (Å²) in [6, 6.07) is 10.7. The Bertz CT molecular complexity index is 1000. The molecule has 11 heteroatoms. The second-order valence-corrected chi connectivity index (χ2v) is 7.17. The van der Waals surface area contributed by atoms with Gasteiger partial charge in [0.15, 0.2) is 21.5 Å². The average molecular weight is 399 g/mol. The van der Waals surface area contributed by atoms with E-state index in [4.69, 9.17) is 0 Å². The van der Waals surface area contributed by atoms with Crippen molar-refractivity contribution in [3.63, 3.8) is 0 Å². The average Bonchev–Trinajstić information content (AvgIpc) is 3.09. The number of hydrogen-bond acceptors (Lipinski definition) is 6. The fourth-order valence-electron chi connectivity index (χ4n) is 2.08. The smallest absolute Gasteiger partial charge is 0.333 e. The van der Waals surface area contributed by atoms with Crippen LogP contribution in [0.1, 0.15) is 5.82 Å². The summed E-state index contributed by atoms with van der Waals surface area (Å²) in [5.74, 6) is -1.33. The first-order chi connectivity index (χ1) is 12.7. The topological polar surface area (TPSA) is 104 Å². The Labute approximate surface area is 153 Å². The minimum absolute atomic E-state index is 0.0225. The molecule has 0 saturated carbocycles. The van der Waals surface area contributed by atoms with Crippen molar-refractivity contribution in [2.45, 2.75) is 11.1 Å². The molecule has 0 unspecified atom stereocenters. The third kappa shape index (κ3) is 4.68. The number of halogens is 3. The van der Waals surface area contributed by atoms with Gasteiger partial charge in [0.05, 0.1) is 4.90 Å². The summed E-state index contributed by atoms with van der Waals surface area (Å²) >= 11 is 0. The largest absolute Gasteiger partial charge is 0.453 e. The Kier molecular flexibility index (Phi) is 5.96. The molecule has 3 rings (SSSR count). The van der Waals surface area contributed by atoms with E-state index in [1.54, 1.807) is 30.3 Å². The molecular formula is C16H16F3N5O2S. The summed E-state index contributed by atoms with van der Waals surface area (Å²) in [6.07, 6.45) is -2.65. The first kappa shape index (κ1) is 20.5. The maximum atomic E-state index is 13.0. The molecule has 0 saturated heterocycles. The molecule has 3 aromatic rings. The summed E-state index contributed by atoms with van der Waals surface area (Å²) in [5, 5.41) is 3.49. The zero-order chi connectivity index (χ0) is 20.2. The molecule has 0 atom stereocenters. The summed E-state index contributed by atoms with van der Waals surface area (Å²) in [6.45, 7) is 0. The molecule has 0 aliphatic carbocycles. The van der Waals surface area contributed by atoms with Crippen LogP contribution >= 0.6 is 0 Å². The molecular weight excluding hydrogens is 383 g/mol. The number of rotatable bonds is 3. The van der Waals surface area contributed by atoms with E-state index in [9.17, 15) is 21.6 Å². The summed E-state index contributed by atoms with van der Waals surface area (Å²) in [4.78, 5) is 7.43. The molecule has 0 bridgehead atoms. The standard InChI is InChI=1S/C15H11F3N4O2S.CH5N/c1-25(23,24)11-7-8-12(19-9-11)22-13(10-5-3-2-4-6-10)20-14(21-22)15(16,17)18;1-2/h2-9H,1H3;2H2,1H3. The van der Waals surface area contributed by atoms with E-state index < -0.39 is 21.8 Å². The minimum atomic E-state index is -4.72. The van der Waals surface area contributed by atoms with Crippen molar-refractivity contribution < 1.29 is 21.6 Å². The van der Waals surface area contributed by atoms with Crippen LogP contribution in [0.15, 0.2) is 53.6 Å². The molecule has 0 radical (unpaired) electrons. The third-order valence-corrected chi connectivity index (χ3v) is 4.36. The number of aromatic nitrogens is 4. The highest BCUT2D eigenvalue weighted by molar-refractivity contribution is 7.90. The van der Waals surface area contributed by atoms with Gasteiger partial charge in [0.25, 0.3) is 5.82 Å². The van der Waals surface area contributed by atoms with Gasteiger partial charge in [-0.2, -0.15) is 17.9 Å². The van der Waals surface area contributed by atoms with Crippen LogP contribution < -0.4 is 5.73 Å². The van der Waals surface area contributed by atoms with E-state index in [1.807, 2.05) is 0 Å². The second kappa shape index (κ2) is 7.84. The van der Waals surface area contributed by atoms with Gasteiger partial charge in [-0.05, 0) is 19.2 Å². The zero-order valence-corrected chi connectivity index (χ0v) is 15.2. The van der Waals surface area contributed by atoms with Crippen molar-refractivity contribution in [3.05, 3.63) is 54.5 Å². The van der Waals surface area contributed by atoms with Crippen molar-refractivity contribution in [2.75, 3.05) is 13.3 Å². The van der Waals surface area contributed by atoms with Crippen LogP contribution in [0.3, 0.4) is 0 Å². The predicted molar refractivity (Wildman–Crippen MR) is 92.8 cm³/mol. The highest BCUT2D eigenvalue weighted by atomic mass is 32.2. The molecule has 0 amide bonds. The molecule has 0 aliphatic heterocycles. The monoisotopic (exact) mass is 399 g/mol. The first-order valence-corrected chi connectivity index (χ1v) is 9.39. The Morgan fingerprint density at radius 3 is 2.15 bits per heavy atom. The van der Waals surface area contributed by atoms with E-state index in [2.05, 4.69) is 20.8 Å². The van der Waals surface area contributed by atoms with Gasteiger partial charge in [0.2, 0.25) is 0 Å². The SMILES string of the molecule is CN.CS(=O)(=O)c1ccc(-n2nc(C(F)(F)F)nc2-c2ccccc2)nc1. The quantitative estimate of drug-likeness (QED) is 0.725. The van der Waals surface area contributed by atoms with Gasteiger partial charge < -0.3 is 5.73 Å². The Morgan fingerprint density at radius 1 is 1.04 bits per heavy atom. The fraction of sp³-hybridized carbons (Fsp3) is 0.188. The van der Waals surface area contributed by atoms with E-state index in [0.717, 1.165) is 17.1 Å². The molecule has 27 heavy (non-hydrogen) atoms. The van der Waals surface area contributed by atoms with Crippen LogP contribution in [-0.4, -0.2) is 41.5 Å². The lowest BCUT2D eigenvalue weighted by molar-refractivity contribution is -0.144. The van der Waals surface area contributed by atoms with Gasteiger partial charge >= 0.3 is 6.18 Å². The predicted octanol–water partition coefficient (Wildman–Crippen LogP) is 2.33. The molecule has 144 valence electrons. The summed E-state index contributed by atoms with van der Waals surface area (Å²) < 4.78 is 62.9. The van der Waals surface area contributed by atoms with E-state index in [-0.39, 0.29) is 16.5 Å². The number of alkyl halides is 3. The number of pyridine rings is 1. The van der Waals surface area contributed by atoms with Gasteiger partial charge in [-0.1, -0.05) is 30.3 Å². The highest BCUT2D eigenvalue weighted by Gasteiger charge is 2.37. The number of hydrogen-bond donors (Lipinski definition) is 1. The van der Waals surface area contributed by atoms with Crippen LogP contribution in [0.5, 0.6) is 0 Å². The molecule has 1 aromatic carbocycles. The van der Waals surface area contributed by atoms with E-state index >= 15 is 0 Å². The van der Waals surface area contributed by atoms with Crippen LogP contribution in [0, 0.1) is 0 Å². The van der Waals surface area contributed by atoms with Crippen molar-refractivity contribution >= 4 is 9.84 Å². The van der Waals surface area contributed by atoms with Crippen molar-refractivity contribution in [1.82, 2.24) is 19.7 Å². The Morgan fingerprint density at radius 2 is 1.67 bits per heavy atom. The minimum Gasteiger partial charge on any atom is -0.333 e. The lowest BCUT2D eigenvalue weighted by atomic mass is 10.2. The Hall–Kier alpha value is -2.79.